The lowest BCUT2D eigenvalue weighted by molar-refractivity contribution is 0.146. The first kappa shape index (κ1) is 22.5. The summed E-state index contributed by atoms with van der Waals surface area (Å²) >= 11 is 0. The number of furan rings is 1. The Balaban J connectivity index is 1.53. The predicted molar refractivity (Wildman–Crippen MR) is 130 cm³/mol. The fourth-order valence-corrected chi connectivity index (χ4v) is 5.38. The maximum atomic E-state index is 13.1. The van der Waals surface area contributed by atoms with Crippen LogP contribution in [0, 0.1) is 13.8 Å². The van der Waals surface area contributed by atoms with Crippen molar-refractivity contribution >= 4 is 10.9 Å². The summed E-state index contributed by atoms with van der Waals surface area (Å²) in [5.41, 5.74) is 3.82. The van der Waals surface area contributed by atoms with Gasteiger partial charge in [-0.1, -0.05) is 31.4 Å². The van der Waals surface area contributed by atoms with Gasteiger partial charge >= 0.3 is 0 Å². The lowest BCUT2D eigenvalue weighted by atomic mass is 10.0. The van der Waals surface area contributed by atoms with Crippen LogP contribution in [0.3, 0.4) is 0 Å². The summed E-state index contributed by atoms with van der Waals surface area (Å²) in [5, 5.41) is 13.9. The molecule has 1 aliphatic carbocycles. The minimum Gasteiger partial charge on any atom is -0.468 e. The van der Waals surface area contributed by atoms with Gasteiger partial charge in [-0.2, -0.15) is 0 Å². The standard InChI is InChI=1S/C26H32N6O2/c1-4-23(25-28-29-30-32(25)21-8-5-6-9-21)31(16-22-10-7-11-34-22)15-20-14-19-13-17(2)12-18(3)24(19)27-26(20)33/h7,10-14,21,23H,4-6,8-9,15-16H2,1-3H3,(H,27,33)/t23-/m1/s1. The largest absolute Gasteiger partial charge is 0.468 e. The molecule has 0 radical (unpaired) electrons. The van der Waals surface area contributed by atoms with Crippen molar-refractivity contribution in [3.63, 3.8) is 0 Å². The molecule has 0 amide bonds. The molecule has 1 saturated carbocycles. The molecule has 0 unspecified atom stereocenters. The molecule has 1 fully saturated rings. The van der Waals surface area contributed by atoms with Crippen LogP contribution in [-0.2, 0) is 13.1 Å². The zero-order chi connectivity index (χ0) is 23.7. The van der Waals surface area contributed by atoms with Crippen LogP contribution in [0.15, 0.2) is 45.8 Å². The molecule has 1 aliphatic rings. The van der Waals surface area contributed by atoms with E-state index < -0.39 is 0 Å². The maximum Gasteiger partial charge on any atom is 0.252 e. The van der Waals surface area contributed by atoms with Crippen LogP contribution in [0.4, 0.5) is 0 Å². The topological polar surface area (TPSA) is 92.8 Å². The molecule has 1 atom stereocenters. The molecular weight excluding hydrogens is 428 g/mol. The number of fused-ring (bicyclic) bond motifs is 1. The number of H-pyrrole nitrogens is 1. The second-order valence-corrected chi connectivity index (χ2v) is 9.50. The maximum absolute atomic E-state index is 13.1. The van der Waals surface area contributed by atoms with Crippen LogP contribution in [0.1, 0.15) is 79.4 Å². The highest BCUT2D eigenvalue weighted by Crippen LogP contribution is 2.33. The highest BCUT2D eigenvalue weighted by molar-refractivity contribution is 5.82. The Kier molecular flexibility index (Phi) is 6.32. The van der Waals surface area contributed by atoms with E-state index in [1.54, 1.807) is 6.26 Å². The Hall–Kier alpha value is -3.26. The van der Waals surface area contributed by atoms with Crippen molar-refractivity contribution in [2.75, 3.05) is 0 Å². The molecule has 8 nitrogen and oxygen atoms in total. The summed E-state index contributed by atoms with van der Waals surface area (Å²) in [4.78, 5) is 18.5. The molecule has 1 aromatic carbocycles. The monoisotopic (exact) mass is 460 g/mol. The van der Waals surface area contributed by atoms with Crippen LogP contribution < -0.4 is 5.56 Å². The van der Waals surface area contributed by atoms with Crippen molar-refractivity contribution in [3.8, 4) is 0 Å². The summed E-state index contributed by atoms with van der Waals surface area (Å²) in [6.07, 6.45) is 7.14. The molecule has 0 bridgehead atoms. The van der Waals surface area contributed by atoms with E-state index in [0.717, 1.165) is 52.9 Å². The van der Waals surface area contributed by atoms with Gasteiger partial charge in [0.05, 0.1) is 30.4 Å². The number of hydrogen-bond donors (Lipinski definition) is 1. The van der Waals surface area contributed by atoms with E-state index in [-0.39, 0.29) is 11.6 Å². The Labute approximate surface area is 199 Å². The molecule has 4 aromatic rings. The first-order chi connectivity index (χ1) is 16.5. The van der Waals surface area contributed by atoms with E-state index >= 15 is 0 Å². The Bertz CT molecular complexity index is 1320. The summed E-state index contributed by atoms with van der Waals surface area (Å²) < 4.78 is 7.71. The molecule has 5 rings (SSSR count). The lowest BCUT2D eigenvalue weighted by Gasteiger charge is -2.30. The molecule has 0 spiro atoms. The smallest absolute Gasteiger partial charge is 0.252 e. The second kappa shape index (κ2) is 9.54. The number of hydrogen-bond acceptors (Lipinski definition) is 6. The number of nitrogens with zero attached hydrogens (tertiary/aromatic N) is 5. The van der Waals surface area contributed by atoms with Gasteiger partial charge in [-0.3, -0.25) is 9.69 Å². The molecule has 0 saturated heterocycles. The van der Waals surface area contributed by atoms with Crippen molar-refractivity contribution in [1.29, 1.82) is 0 Å². The third-order valence-electron chi connectivity index (χ3n) is 7.00. The SMILES string of the molecule is CC[C@H](c1nnnn1C1CCCC1)N(Cc1ccco1)Cc1cc2cc(C)cc(C)c2[nH]c1=O. The van der Waals surface area contributed by atoms with E-state index in [9.17, 15) is 4.79 Å². The Morgan fingerprint density at radius 3 is 2.76 bits per heavy atom. The second-order valence-electron chi connectivity index (χ2n) is 9.50. The highest BCUT2D eigenvalue weighted by atomic mass is 16.3. The number of benzene rings is 1. The Morgan fingerprint density at radius 1 is 1.21 bits per heavy atom. The summed E-state index contributed by atoms with van der Waals surface area (Å²) in [5.74, 6) is 1.71. The van der Waals surface area contributed by atoms with Gasteiger partial charge in [-0.25, -0.2) is 4.68 Å². The van der Waals surface area contributed by atoms with E-state index in [2.05, 4.69) is 51.4 Å². The summed E-state index contributed by atoms with van der Waals surface area (Å²) in [7, 11) is 0. The first-order valence-corrected chi connectivity index (χ1v) is 12.2. The zero-order valence-corrected chi connectivity index (χ0v) is 20.1. The summed E-state index contributed by atoms with van der Waals surface area (Å²) in [6.45, 7) is 7.29. The fourth-order valence-electron chi connectivity index (χ4n) is 5.38. The zero-order valence-electron chi connectivity index (χ0n) is 20.1. The lowest BCUT2D eigenvalue weighted by Crippen LogP contribution is -2.32. The number of aromatic nitrogens is 5. The van der Waals surface area contributed by atoms with Crippen LogP contribution in [0.5, 0.6) is 0 Å². The number of aromatic amines is 1. The van der Waals surface area contributed by atoms with Gasteiger partial charge in [-0.05, 0) is 78.8 Å². The van der Waals surface area contributed by atoms with Gasteiger partial charge in [-0.15, -0.1) is 5.10 Å². The number of nitrogens with one attached hydrogen (secondary N) is 1. The average Bonchev–Trinajstić information content (AvgIpc) is 3.58. The van der Waals surface area contributed by atoms with Gasteiger partial charge in [0.15, 0.2) is 5.82 Å². The Morgan fingerprint density at radius 2 is 2.03 bits per heavy atom. The van der Waals surface area contributed by atoms with Crippen molar-refractivity contribution < 1.29 is 4.42 Å². The molecule has 8 heteroatoms. The number of tetrazole rings is 1. The van der Waals surface area contributed by atoms with E-state index in [1.165, 1.54) is 18.4 Å². The first-order valence-electron chi connectivity index (χ1n) is 12.2. The van der Waals surface area contributed by atoms with Gasteiger partial charge in [0.1, 0.15) is 5.76 Å². The van der Waals surface area contributed by atoms with Crippen molar-refractivity contribution in [3.05, 3.63) is 75.2 Å². The molecule has 34 heavy (non-hydrogen) atoms. The van der Waals surface area contributed by atoms with Gasteiger partial charge in [0.25, 0.3) is 5.56 Å². The molecule has 3 heterocycles. The fraction of sp³-hybridized carbons (Fsp3) is 0.462. The van der Waals surface area contributed by atoms with E-state index in [4.69, 9.17) is 4.42 Å². The highest BCUT2D eigenvalue weighted by Gasteiger charge is 2.30. The summed E-state index contributed by atoms with van der Waals surface area (Å²) in [6, 6.07) is 10.4. The van der Waals surface area contributed by atoms with Crippen LogP contribution in [0.25, 0.3) is 10.9 Å². The normalized spacial score (nSPS) is 15.5. The molecule has 0 aliphatic heterocycles. The van der Waals surface area contributed by atoms with Crippen molar-refractivity contribution in [2.24, 2.45) is 0 Å². The van der Waals surface area contributed by atoms with Crippen LogP contribution >= 0.6 is 0 Å². The molecular formula is C26H32N6O2. The molecule has 178 valence electrons. The van der Waals surface area contributed by atoms with Gasteiger partial charge in [0.2, 0.25) is 0 Å². The predicted octanol–water partition coefficient (Wildman–Crippen LogP) is 4.99. The molecule has 3 aromatic heterocycles. The number of pyridine rings is 1. The third kappa shape index (κ3) is 4.42. The van der Waals surface area contributed by atoms with Gasteiger partial charge < -0.3 is 9.40 Å². The van der Waals surface area contributed by atoms with Crippen LogP contribution in [0.2, 0.25) is 0 Å². The van der Waals surface area contributed by atoms with Crippen LogP contribution in [-0.4, -0.2) is 30.1 Å². The van der Waals surface area contributed by atoms with Crippen molar-refractivity contribution in [2.45, 2.75) is 78.0 Å². The average molecular weight is 461 g/mol. The minimum atomic E-state index is -0.0610. The van der Waals surface area contributed by atoms with E-state index in [1.807, 2.05) is 29.8 Å². The van der Waals surface area contributed by atoms with Crippen molar-refractivity contribution in [1.82, 2.24) is 30.1 Å². The quantitative estimate of drug-likeness (QED) is 0.398. The third-order valence-corrected chi connectivity index (χ3v) is 7.00. The number of rotatable bonds is 8. The van der Waals surface area contributed by atoms with E-state index in [0.29, 0.717) is 19.1 Å². The number of aryl methyl sites for hydroxylation is 2. The molecule has 1 N–H and O–H groups in total. The van der Waals surface area contributed by atoms with Gasteiger partial charge in [0, 0.05) is 12.1 Å². The minimum absolute atomic E-state index is 0.0463.